The fraction of sp³-hybridized carbons (Fsp3) is 0.200. The molecule has 2 N–H and O–H groups in total. The van der Waals surface area contributed by atoms with Gasteiger partial charge in [-0.2, -0.15) is 13.2 Å². The standard InChI is InChI=1S/C20H15BrCl2F3NO3/c1-10-16(22)7-12(8-17(10)23)14(20(24,25)26)5-3-11-2-4-13(15(21)6-11)19(30)27-9-18(28)29/h2-8,14H,9H2,1H3,(H,27,30)(H,28,29)/b5-3+. The number of hydrogen-bond donors (Lipinski definition) is 2. The third kappa shape index (κ3) is 6.23. The van der Waals surface area contributed by atoms with E-state index < -0.39 is 30.5 Å². The second kappa shape index (κ2) is 9.85. The first-order valence-corrected chi connectivity index (χ1v) is 9.95. The minimum Gasteiger partial charge on any atom is -0.480 e. The maximum Gasteiger partial charge on any atom is 0.399 e. The Morgan fingerprint density at radius 2 is 1.80 bits per heavy atom. The van der Waals surface area contributed by atoms with Crippen molar-refractivity contribution in [3.8, 4) is 0 Å². The predicted octanol–water partition coefficient (Wildman–Crippen LogP) is 6.24. The van der Waals surface area contributed by atoms with Crippen molar-refractivity contribution in [2.45, 2.75) is 19.0 Å². The second-order valence-electron chi connectivity index (χ2n) is 6.30. The monoisotopic (exact) mass is 523 g/mol. The third-order valence-electron chi connectivity index (χ3n) is 4.13. The Morgan fingerprint density at radius 1 is 1.20 bits per heavy atom. The summed E-state index contributed by atoms with van der Waals surface area (Å²) < 4.78 is 41.2. The summed E-state index contributed by atoms with van der Waals surface area (Å²) in [5.74, 6) is -3.77. The Labute approximate surface area is 188 Å². The highest BCUT2D eigenvalue weighted by molar-refractivity contribution is 9.10. The van der Waals surface area contributed by atoms with Crippen LogP contribution in [0.25, 0.3) is 6.08 Å². The first-order valence-electron chi connectivity index (χ1n) is 8.40. The number of carboxylic acid groups (broad SMARTS) is 1. The van der Waals surface area contributed by atoms with Gasteiger partial charge in [-0.3, -0.25) is 9.59 Å². The van der Waals surface area contributed by atoms with Crippen LogP contribution in [-0.2, 0) is 4.79 Å². The van der Waals surface area contributed by atoms with Crippen LogP contribution in [0.1, 0.15) is 33.0 Å². The van der Waals surface area contributed by atoms with Crippen LogP contribution in [-0.4, -0.2) is 29.7 Å². The number of carbonyl (C=O) groups excluding carboxylic acids is 1. The number of carboxylic acids is 1. The summed E-state index contributed by atoms with van der Waals surface area (Å²) >= 11 is 15.1. The number of nitrogens with one attached hydrogen (secondary N) is 1. The van der Waals surface area contributed by atoms with Gasteiger partial charge < -0.3 is 10.4 Å². The normalized spacial score (nSPS) is 12.8. The van der Waals surface area contributed by atoms with E-state index in [0.29, 0.717) is 15.6 Å². The van der Waals surface area contributed by atoms with E-state index in [1.165, 1.54) is 36.4 Å². The average molecular weight is 525 g/mol. The molecule has 160 valence electrons. The number of carbonyl (C=O) groups is 2. The van der Waals surface area contributed by atoms with Gasteiger partial charge in [0, 0.05) is 14.5 Å². The molecule has 0 heterocycles. The van der Waals surface area contributed by atoms with Crippen LogP contribution < -0.4 is 5.32 Å². The summed E-state index contributed by atoms with van der Waals surface area (Å²) in [5, 5.41) is 11.1. The van der Waals surface area contributed by atoms with Crippen LogP contribution in [0.4, 0.5) is 13.2 Å². The highest BCUT2D eigenvalue weighted by Gasteiger charge is 2.39. The van der Waals surface area contributed by atoms with Gasteiger partial charge in [0.1, 0.15) is 6.54 Å². The van der Waals surface area contributed by atoms with Gasteiger partial charge in [0.05, 0.1) is 11.5 Å². The number of benzene rings is 2. The van der Waals surface area contributed by atoms with Crippen LogP contribution in [0, 0.1) is 6.92 Å². The summed E-state index contributed by atoms with van der Waals surface area (Å²) in [5.41, 5.74) is 0.948. The number of amides is 1. The molecule has 2 aromatic rings. The molecule has 2 rings (SSSR count). The van der Waals surface area contributed by atoms with Crippen molar-refractivity contribution in [1.29, 1.82) is 0 Å². The van der Waals surface area contributed by atoms with Gasteiger partial charge in [-0.05, 0) is 63.8 Å². The number of alkyl halides is 3. The van der Waals surface area contributed by atoms with Gasteiger partial charge in [0.25, 0.3) is 5.91 Å². The first kappa shape index (κ1) is 24.2. The first-order chi connectivity index (χ1) is 13.9. The topological polar surface area (TPSA) is 66.4 Å². The fourth-order valence-corrected chi connectivity index (χ4v) is 3.61. The maximum atomic E-state index is 13.6. The summed E-state index contributed by atoms with van der Waals surface area (Å²) in [6.45, 7) is 1.06. The molecule has 0 aliphatic heterocycles. The van der Waals surface area contributed by atoms with Crippen molar-refractivity contribution in [2.75, 3.05) is 6.54 Å². The van der Waals surface area contributed by atoms with Crippen molar-refractivity contribution in [2.24, 2.45) is 0 Å². The van der Waals surface area contributed by atoms with Gasteiger partial charge in [-0.1, -0.05) is 41.4 Å². The number of allylic oxidation sites excluding steroid dienone is 1. The molecule has 0 aliphatic rings. The molecule has 0 radical (unpaired) electrons. The minimum atomic E-state index is -4.58. The molecule has 0 fully saturated rings. The highest BCUT2D eigenvalue weighted by atomic mass is 79.9. The lowest BCUT2D eigenvalue weighted by atomic mass is 9.96. The minimum absolute atomic E-state index is 0.0944. The van der Waals surface area contributed by atoms with E-state index in [9.17, 15) is 22.8 Å². The third-order valence-corrected chi connectivity index (χ3v) is 5.58. The van der Waals surface area contributed by atoms with Crippen LogP contribution in [0.2, 0.25) is 10.0 Å². The lowest BCUT2D eigenvalue weighted by molar-refractivity contribution is -0.139. The van der Waals surface area contributed by atoms with Crippen LogP contribution in [0.15, 0.2) is 40.9 Å². The fourth-order valence-electron chi connectivity index (χ4n) is 2.53. The molecule has 4 nitrogen and oxygen atoms in total. The molecule has 30 heavy (non-hydrogen) atoms. The molecule has 1 unspecified atom stereocenters. The van der Waals surface area contributed by atoms with Gasteiger partial charge in [-0.15, -0.1) is 0 Å². The van der Waals surface area contributed by atoms with E-state index in [0.717, 1.165) is 6.08 Å². The highest BCUT2D eigenvalue weighted by Crippen LogP contribution is 2.39. The molecular weight excluding hydrogens is 510 g/mol. The predicted molar refractivity (Wildman–Crippen MR) is 113 cm³/mol. The second-order valence-corrected chi connectivity index (χ2v) is 7.97. The van der Waals surface area contributed by atoms with Crippen molar-refractivity contribution >= 4 is 57.1 Å². The van der Waals surface area contributed by atoms with Crippen LogP contribution in [0.3, 0.4) is 0 Å². The van der Waals surface area contributed by atoms with E-state index in [-0.39, 0.29) is 21.2 Å². The average Bonchev–Trinajstić information content (AvgIpc) is 2.63. The Kier molecular flexibility index (Phi) is 7.96. The van der Waals surface area contributed by atoms with Crippen molar-refractivity contribution in [3.05, 3.63) is 73.2 Å². The lowest BCUT2D eigenvalue weighted by Crippen LogP contribution is -2.29. The zero-order valence-electron chi connectivity index (χ0n) is 15.4. The molecule has 0 aliphatic carbocycles. The molecule has 0 bridgehead atoms. The molecule has 2 aromatic carbocycles. The van der Waals surface area contributed by atoms with E-state index in [4.69, 9.17) is 28.3 Å². The van der Waals surface area contributed by atoms with E-state index in [2.05, 4.69) is 21.2 Å². The maximum absolute atomic E-state index is 13.6. The van der Waals surface area contributed by atoms with Crippen molar-refractivity contribution < 1.29 is 27.9 Å². The van der Waals surface area contributed by atoms with Crippen molar-refractivity contribution in [1.82, 2.24) is 5.32 Å². The zero-order valence-corrected chi connectivity index (χ0v) is 18.5. The summed E-state index contributed by atoms with van der Waals surface area (Å²) in [7, 11) is 0. The summed E-state index contributed by atoms with van der Waals surface area (Å²) in [6, 6.07) is 6.74. The van der Waals surface area contributed by atoms with Gasteiger partial charge in [-0.25, -0.2) is 0 Å². The molecule has 1 atom stereocenters. The zero-order chi connectivity index (χ0) is 22.6. The number of aliphatic carboxylic acids is 1. The molecular formula is C20H15BrCl2F3NO3. The van der Waals surface area contributed by atoms with Crippen LogP contribution >= 0.6 is 39.1 Å². The van der Waals surface area contributed by atoms with Crippen molar-refractivity contribution in [3.63, 3.8) is 0 Å². The summed E-state index contributed by atoms with van der Waals surface area (Å²) in [6.07, 6.45) is -2.33. The molecule has 0 saturated heterocycles. The van der Waals surface area contributed by atoms with Gasteiger partial charge in [0.15, 0.2) is 0 Å². The molecule has 0 saturated carbocycles. The van der Waals surface area contributed by atoms with Crippen LogP contribution in [0.5, 0.6) is 0 Å². The Balaban J connectivity index is 2.31. The van der Waals surface area contributed by atoms with E-state index >= 15 is 0 Å². The quantitative estimate of drug-likeness (QED) is 0.470. The SMILES string of the molecule is Cc1c(Cl)cc(C(/C=C/c2ccc(C(=O)NCC(=O)O)c(Br)c2)C(F)(F)F)cc1Cl. The number of hydrogen-bond acceptors (Lipinski definition) is 2. The molecule has 0 spiro atoms. The van der Waals surface area contributed by atoms with E-state index in [1.54, 1.807) is 6.92 Å². The summed E-state index contributed by atoms with van der Waals surface area (Å²) in [4.78, 5) is 22.5. The number of rotatable bonds is 6. The Bertz CT molecular complexity index is 986. The molecule has 10 heteroatoms. The number of halogens is 6. The molecule has 0 aromatic heterocycles. The smallest absolute Gasteiger partial charge is 0.399 e. The van der Waals surface area contributed by atoms with Gasteiger partial charge in [0.2, 0.25) is 0 Å². The van der Waals surface area contributed by atoms with E-state index in [1.807, 2.05) is 0 Å². The van der Waals surface area contributed by atoms with Gasteiger partial charge >= 0.3 is 12.1 Å². The Hall–Kier alpha value is -2.03. The molecule has 1 amide bonds. The lowest BCUT2D eigenvalue weighted by Gasteiger charge is -2.19. The Morgan fingerprint density at radius 3 is 2.30 bits per heavy atom. The largest absolute Gasteiger partial charge is 0.480 e.